The topological polar surface area (TPSA) is 49.6 Å². The Bertz CT molecular complexity index is 416. The van der Waals surface area contributed by atoms with Crippen LogP contribution in [0.2, 0.25) is 0 Å². The van der Waals surface area contributed by atoms with Crippen molar-refractivity contribution in [2.24, 2.45) is 0 Å². The van der Waals surface area contributed by atoms with E-state index in [1.807, 2.05) is 36.2 Å². The number of carbonyl (C=O) groups is 1. The van der Waals surface area contributed by atoms with Crippen LogP contribution in [0.4, 0.5) is 5.69 Å². The molecule has 1 aliphatic heterocycles. The summed E-state index contributed by atoms with van der Waals surface area (Å²) in [5, 5.41) is 0. The lowest BCUT2D eigenvalue weighted by molar-refractivity contribution is -0.130. The van der Waals surface area contributed by atoms with Crippen molar-refractivity contribution in [3.63, 3.8) is 0 Å². The molecule has 1 unspecified atom stereocenters. The number of rotatable bonds is 2. The highest BCUT2D eigenvalue weighted by Gasteiger charge is 2.23. The van der Waals surface area contributed by atoms with Gasteiger partial charge in [0.05, 0.1) is 6.54 Å². The van der Waals surface area contributed by atoms with Crippen LogP contribution < -0.4 is 5.73 Å². The van der Waals surface area contributed by atoms with Crippen molar-refractivity contribution in [1.29, 1.82) is 0 Å². The molecule has 0 aliphatic carbocycles. The van der Waals surface area contributed by atoms with Gasteiger partial charge in [-0.2, -0.15) is 0 Å². The second-order valence-electron chi connectivity index (χ2n) is 4.98. The first kappa shape index (κ1) is 12.9. The van der Waals surface area contributed by atoms with E-state index < -0.39 is 0 Å². The largest absolute Gasteiger partial charge is 0.399 e. The van der Waals surface area contributed by atoms with Crippen LogP contribution in [0.15, 0.2) is 24.3 Å². The van der Waals surface area contributed by atoms with Crippen LogP contribution in [0.3, 0.4) is 0 Å². The normalized spacial score (nSPS) is 19.7. The van der Waals surface area contributed by atoms with Crippen molar-refractivity contribution in [2.45, 2.75) is 19.4 Å². The molecule has 2 N–H and O–H groups in total. The maximum absolute atomic E-state index is 11.9. The molecule has 1 saturated heterocycles. The van der Waals surface area contributed by atoms with Gasteiger partial charge in [-0.1, -0.05) is 12.1 Å². The minimum absolute atomic E-state index is 0.204. The van der Waals surface area contributed by atoms with Gasteiger partial charge in [0, 0.05) is 31.9 Å². The minimum atomic E-state index is 0.204. The lowest BCUT2D eigenvalue weighted by Gasteiger charge is -2.27. The predicted octanol–water partition coefficient (Wildman–Crippen LogP) is 1.49. The molecule has 0 aromatic heterocycles. The van der Waals surface area contributed by atoms with Gasteiger partial charge in [0.25, 0.3) is 0 Å². The highest BCUT2D eigenvalue weighted by Crippen LogP contribution is 2.22. The van der Waals surface area contributed by atoms with Gasteiger partial charge in [0.1, 0.15) is 0 Å². The highest BCUT2D eigenvalue weighted by molar-refractivity contribution is 5.78. The molecular formula is C14H21N3O. The molecule has 18 heavy (non-hydrogen) atoms. The number of hydrogen-bond acceptors (Lipinski definition) is 3. The summed E-state index contributed by atoms with van der Waals surface area (Å²) in [6.07, 6.45) is 1.03. The molecule has 1 aromatic carbocycles. The van der Waals surface area contributed by atoms with Crippen LogP contribution in [0.1, 0.15) is 24.9 Å². The van der Waals surface area contributed by atoms with Crippen LogP contribution >= 0.6 is 0 Å². The van der Waals surface area contributed by atoms with Gasteiger partial charge in [-0.25, -0.2) is 0 Å². The number of nitrogens with zero attached hydrogens (tertiary/aromatic N) is 2. The van der Waals surface area contributed by atoms with Gasteiger partial charge in [0.15, 0.2) is 0 Å². The van der Waals surface area contributed by atoms with Gasteiger partial charge in [-0.15, -0.1) is 0 Å². The van der Waals surface area contributed by atoms with Crippen molar-refractivity contribution in [2.75, 3.05) is 32.4 Å². The Morgan fingerprint density at radius 1 is 1.22 bits per heavy atom. The van der Waals surface area contributed by atoms with Crippen molar-refractivity contribution < 1.29 is 4.79 Å². The molecule has 1 fully saturated rings. The van der Waals surface area contributed by atoms with Gasteiger partial charge in [-0.05, 0) is 31.0 Å². The summed E-state index contributed by atoms with van der Waals surface area (Å²) in [6, 6.07) is 8.16. The molecule has 0 radical (unpaired) electrons. The molecule has 1 atom stereocenters. The minimum Gasteiger partial charge on any atom is -0.399 e. The molecule has 0 saturated carbocycles. The van der Waals surface area contributed by atoms with E-state index in [-0.39, 0.29) is 11.9 Å². The Morgan fingerprint density at radius 3 is 2.56 bits per heavy atom. The zero-order valence-electron chi connectivity index (χ0n) is 11.1. The summed E-state index contributed by atoms with van der Waals surface area (Å²) in [6.45, 7) is 4.46. The Morgan fingerprint density at radius 2 is 1.89 bits per heavy atom. The number of likely N-dealkylation sites (N-methyl/N-ethyl adjacent to an activating group) is 1. The van der Waals surface area contributed by atoms with E-state index in [4.69, 9.17) is 5.73 Å². The van der Waals surface area contributed by atoms with E-state index in [0.29, 0.717) is 6.54 Å². The van der Waals surface area contributed by atoms with Crippen LogP contribution in [0.25, 0.3) is 0 Å². The number of benzene rings is 1. The van der Waals surface area contributed by atoms with E-state index in [1.54, 1.807) is 0 Å². The van der Waals surface area contributed by atoms with Gasteiger partial charge in [-0.3, -0.25) is 9.69 Å². The van der Waals surface area contributed by atoms with Crippen LogP contribution in [0.5, 0.6) is 0 Å². The zero-order chi connectivity index (χ0) is 13.1. The van der Waals surface area contributed by atoms with Crippen molar-refractivity contribution in [3.05, 3.63) is 29.8 Å². The lowest BCUT2D eigenvalue weighted by atomic mass is 10.1. The Kier molecular flexibility index (Phi) is 3.87. The molecule has 1 aliphatic rings. The van der Waals surface area contributed by atoms with Crippen molar-refractivity contribution in [1.82, 2.24) is 9.80 Å². The Labute approximate surface area is 108 Å². The highest BCUT2D eigenvalue weighted by atomic mass is 16.2. The average Bonchev–Trinajstić information content (AvgIpc) is 2.52. The first-order valence-electron chi connectivity index (χ1n) is 6.41. The quantitative estimate of drug-likeness (QED) is 0.806. The standard InChI is InChI=1S/C14H21N3O/c1-11(12-4-6-13(15)7-5-12)17-9-3-8-16(2)14(18)10-17/h4-7,11H,3,8-10,15H2,1-2H3. The fourth-order valence-electron chi connectivity index (χ4n) is 2.33. The summed E-state index contributed by atoms with van der Waals surface area (Å²) in [4.78, 5) is 15.9. The number of amides is 1. The van der Waals surface area contributed by atoms with Gasteiger partial charge in [0.2, 0.25) is 5.91 Å². The molecule has 1 heterocycles. The monoisotopic (exact) mass is 247 g/mol. The van der Waals surface area contributed by atoms with E-state index in [2.05, 4.69) is 11.8 Å². The second-order valence-corrected chi connectivity index (χ2v) is 4.98. The molecule has 0 spiro atoms. The fraction of sp³-hybridized carbons (Fsp3) is 0.500. The average molecular weight is 247 g/mol. The summed E-state index contributed by atoms with van der Waals surface area (Å²) in [5.74, 6) is 0.204. The van der Waals surface area contributed by atoms with Crippen LogP contribution in [0, 0.1) is 0 Å². The van der Waals surface area contributed by atoms with Crippen LogP contribution in [-0.4, -0.2) is 42.4 Å². The van der Waals surface area contributed by atoms with E-state index in [1.165, 1.54) is 5.56 Å². The van der Waals surface area contributed by atoms with E-state index in [0.717, 1.165) is 25.2 Å². The third-order valence-electron chi connectivity index (χ3n) is 3.67. The van der Waals surface area contributed by atoms with E-state index in [9.17, 15) is 4.79 Å². The number of anilines is 1. The summed E-state index contributed by atoms with van der Waals surface area (Å²) < 4.78 is 0. The van der Waals surface area contributed by atoms with E-state index >= 15 is 0 Å². The molecule has 98 valence electrons. The van der Waals surface area contributed by atoms with Gasteiger partial charge >= 0.3 is 0 Å². The van der Waals surface area contributed by atoms with Crippen molar-refractivity contribution >= 4 is 11.6 Å². The molecule has 1 aromatic rings. The first-order chi connectivity index (χ1) is 8.58. The number of carbonyl (C=O) groups excluding carboxylic acids is 1. The summed E-state index contributed by atoms with van der Waals surface area (Å²) in [5.41, 5.74) is 7.68. The molecule has 1 amide bonds. The third kappa shape index (κ3) is 2.82. The first-order valence-corrected chi connectivity index (χ1v) is 6.41. The molecule has 4 nitrogen and oxygen atoms in total. The maximum Gasteiger partial charge on any atom is 0.236 e. The smallest absolute Gasteiger partial charge is 0.236 e. The SMILES string of the molecule is CC(c1ccc(N)cc1)N1CCCN(C)C(=O)C1. The maximum atomic E-state index is 11.9. The van der Waals surface area contributed by atoms with Crippen molar-refractivity contribution in [3.8, 4) is 0 Å². The predicted molar refractivity (Wildman–Crippen MR) is 73.1 cm³/mol. The second kappa shape index (κ2) is 5.40. The summed E-state index contributed by atoms with van der Waals surface area (Å²) >= 11 is 0. The van der Waals surface area contributed by atoms with Crippen LogP contribution in [-0.2, 0) is 4.79 Å². The Hall–Kier alpha value is -1.55. The summed E-state index contributed by atoms with van der Waals surface area (Å²) in [7, 11) is 1.87. The number of nitrogens with two attached hydrogens (primary N) is 1. The zero-order valence-corrected chi connectivity index (χ0v) is 11.1. The van der Waals surface area contributed by atoms with Gasteiger partial charge < -0.3 is 10.6 Å². The molecule has 0 bridgehead atoms. The lowest BCUT2D eigenvalue weighted by Crippen LogP contribution is -2.35. The Balaban J connectivity index is 2.10. The fourth-order valence-corrected chi connectivity index (χ4v) is 2.33. The number of hydrogen-bond donors (Lipinski definition) is 1. The number of nitrogen functional groups attached to an aromatic ring is 1. The third-order valence-corrected chi connectivity index (χ3v) is 3.67. The molecule has 4 heteroatoms. The molecular weight excluding hydrogens is 226 g/mol. The molecule has 2 rings (SSSR count).